The van der Waals surface area contributed by atoms with Crippen LogP contribution in [0.15, 0.2) is 36.5 Å². The molecular formula is C16H22N4O2. The summed E-state index contributed by atoms with van der Waals surface area (Å²) in [4.78, 5) is 11.9. The number of benzene rings is 1. The van der Waals surface area contributed by atoms with Crippen molar-refractivity contribution in [1.82, 2.24) is 10.2 Å². The Bertz CT molecular complexity index is 617. The van der Waals surface area contributed by atoms with Crippen LogP contribution in [-0.2, 0) is 4.74 Å². The van der Waals surface area contributed by atoms with E-state index in [0.717, 1.165) is 11.4 Å². The highest BCUT2D eigenvalue weighted by Gasteiger charge is 2.17. The van der Waals surface area contributed by atoms with Crippen molar-refractivity contribution in [3.63, 3.8) is 0 Å². The molecule has 0 spiro atoms. The van der Waals surface area contributed by atoms with Crippen LogP contribution in [0.4, 0.5) is 16.2 Å². The molecule has 6 heteroatoms. The van der Waals surface area contributed by atoms with Crippen LogP contribution in [0, 0.1) is 0 Å². The van der Waals surface area contributed by atoms with Crippen molar-refractivity contribution in [2.45, 2.75) is 39.3 Å². The number of aromatic amines is 1. The van der Waals surface area contributed by atoms with Gasteiger partial charge < -0.3 is 10.1 Å². The average molecular weight is 302 g/mol. The van der Waals surface area contributed by atoms with Crippen molar-refractivity contribution in [2.24, 2.45) is 0 Å². The van der Waals surface area contributed by atoms with Gasteiger partial charge in [-0.3, -0.25) is 10.4 Å². The van der Waals surface area contributed by atoms with Gasteiger partial charge in [-0.05, 0) is 45.9 Å². The van der Waals surface area contributed by atoms with Gasteiger partial charge in [0.1, 0.15) is 5.60 Å². The van der Waals surface area contributed by atoms with E-state index < -0.39 is 11.7 Å². The zero-order chi connectivity index (χ0) is 16.2. The summed E-state index contributed by atoms with van der Waals surface area (Å²) < 4.78 is 5.28. The van der Waals surface area contributed by atoms with Crippen LogP contribution in [0.1, 0.15) is 39.4 Å². The minimum Gasteiger partial charge on any atom is -0.444 e. The topological polar surface area (TPSA) is 79.0 Å². The third kappa shape index (κ3) is 4.51. The van der Waals surface area contributed by atoms with Crippen LogP contribution in [0.5, 0.6) is 0 Å². The Kier molecular flexibility index (Phi) is 4.70. The first-order chi connectivity index (χ1) is 10.3. The largest absolute Gasteiger partial charge is 0.444 e. The zero-order valence-electron chi connectivity index (χ0n) is 13.3. The second-order valence-electron chi connectivity index (χ2n) is 6.05. The maximum absolute atomic E-state index is 11.9. The first-order valence-electron chi connectivity index (χ1n) is 7.20. The number of H-pyrrole nitrogens is 1. The van der Waals surface area contributed by atoms with Crippen LogP contribution in [0.25, 0.3) is 0 Å². The molecule has 1 unspecified atom stereocenters. The van der Waals surface area contributed by atoms with Gasteiger partial charge in [-0.25, -0.2) is 4.79 Å². The quantitative estimate of drug-likeness (QED) is 0.799. The fraction of sp³-hybridized carbons (Fsp3) is 0.375. The number of rotatable bonds is 4. The molecule has 1 heterocycles. The number of hydrogen-bond donors (Lipinski definition) is 3. The van der Waals surface area contributed by atoms with E-state index in [4.69, 9.17) is 4.74 Å². The van der Waals surface area contributed by atoms with E-state index in [0.29, 0.717) is 5.69 Å². The van der Waals surface area contributed by atoms with E-state index in [1.165, 1.54) is 0 Å². The highest BCUT2D eigenvalue weighted by atomic mass is 16.6. The summed E-state index contributed by atoms with van der Waals surface area (Å²) in [6.45, 7) is 7.50. The normalized spacial score (nSPS) is 12.5. The number of carbonyl (C=O) groups excluding carboxylic acids is 1. The van der Waals surface area contributed by atoms with Gasteiger partial charge in [0.2, 0.25) is 0 Å². The first kappa shape index (κ1) is 15.9. The van der Waals surface area contributed by atoms with Gasteiger partial charge in [-0.1, -0.05) is 12.1 Å². The third-order valence-electron chi connectivity index (χ3n) is 2.92. The number of nitrogens with one attached hydrogen (secondary N) is 3. The maximum Gasteiger partial charge on any atom is 0.412 e. The van der Waals surface area contributed by atoms with Crippen LogP contribution in [-0.4, -0.2) is 21.9 Å². The Hall–Kier alpha value is -2.50. The monoisotopic (exact) mass is 302 g/mol. The van der Waals surface area contributed by atoms with Crippen LogP contribution in [0.3, 0.4) is 0 Å². The highest BCUT2D eigenvalue weighted by molar-refractivity contribution is 5.89. The van der Waals surface area contributed by atoms with Crippen molar-refractivity contribution < 1.29 is 9.53 Å². The molecule has 0 fully saturated rings. The summed E-state index contributed by atoms with van der Waals surface area (Å²) in [6, 6.07) is 9.43. The van der Waals surface area contributed by atoms with Gasteiger partial charge in [0.05, 0.1) is 23.1 Å². The van der Waals surface area contributed by atoms with E-state index in [-0.39, 0.29) is 6.04 Å². The number of amides is 1. The SMILES string of the molecule is CC(Nc1ccccc1NC(=O)OC(C)(C)C)c1ccn[nH]1. The molecule has 118 valence electrons. The van der Waals surface area contributed by atoms with Crippen LogP contribution < -0.4 is 10.6 Å². The van der Waals surface area contributed by atoms with Gasteiger partial charge in [-0.2, -0.15) is 5.10 Å². The molecule has 0 radical (unpaired) electrons. The number of carbonyl (C=O) groups is 1. The summed E-state index contributed by atoms with van der Waals surface area (Å²) in [5.41, 5.74) is 1.92. The minimum atomic E-state index is -0.532. The molecule has 2 rings (SSSR count). The maximum atomic E-state index is 11.9. The molecule has 0 saturated carbocycles. The molecule has 2 aromatic rings. The Morgan fingerprint density at radius 1 is 1.23 bits per heavy atom. The molecule has 0 bridgehead atoms. The lowest BCUT2D eigenvalue weighted by Gasteiger charge is -2.21. The molecule has 1 amide bonds. The van der Waals surface area contributed by atoms with Crippen molar-refractivity contribution >= 4 is 17.5 Å². The second-order valence-corrected chi connectivity index (χ2v) is 6.05. The summed E-state index contributed by atoms with van der Waals surface area (Å²) in [5, 5.41) is 13.0. The molecule has 0 saturated heterocycles. The standard InChI is InChI=1S/C16H22N4O2/c1-11(12-9-10-17-20-12)18-13-7-5-6-8-14(13)19-15(21)22-16(2,3)4/h5-11,18H,1-4H3,(H,17,20)(H,19,21). The molecule has 1 atom stereocenters. The summed E-state index contributed by atoms with van der Waals surface area (Å²) in [7, 11) is 0. The van der Waals surface area contributed by atoms with Crippen molar-refractivity contribution in [1.29, 1.82) is 0 Å². The fourth-order valence-corrected chi connectivity index (χ4v) is 1.95. The van der Waals surface area contributed by atoms with E-state index >= 15 is 0 Å². The predicted molar refractivity (Wildman–Crippen MR) is 86.9 cm³/mol. The summed E-state index contributed by atoms with van der Waals surface area (Å²) in [5.74, 6) is 0. The van der Waals surface area contributed by atoms with Crippen molar-refractivity contribution in [3.05, 3.63) is 42.2 Å². The molecule has 0 aliphatic carbocycles. The smallest absolute Gasteiger partial charge is 0.412 e. The first-order valence-corrected chi connectivity index (χ1v) is 7.20. The number of para-hydroxylation sites is 2. The van der Waals surface area contributed by atoms with Crippen LogP contribution in [0.2, 0.25) is 0 Å². The lowest BCUT2D eigenvalue weighted by Crippen LogP contribution is -2.27. The van der Waals surface area contributed by atoms with E-state index in [2.05, 4.69) is 20.8 Å². The van der Waals surface area contributed by atoms with Crippen LogP contribution >= 0.6 is 0 Å². The van der Waals surface area contributed by atoms with E-state index in [1.807, 2.05) is 58.0 Å². The number of hydrogen-bond acceptors (Lipinski definition) is 4. The number of anilines is 2. The second kappa shape index (κ2) is 6.51. The molecule has 0 aliphatic heterocycles. The molecule has 6 nitrogen and oxygen atoms in total. The van der Waals surface area contributed by atoms with Gasteiger partial charge in [0.25, 0.3) is 0 Å². The Labute approximate surface area is 130 Å². The minimum absolute atomic E-state index is 0.0316. The fourth-order valence-electron chi connectivity index (χ4n) is 1.95. The van der Waals surface area contributed by atoms with E-state index in [1.54, 1.807) is 6.20 Å². The van der Waals surface area contributed by atoms with Gasteiger partial charge >= 0.3 is 6.09 Å². The highest BCUT2D eigenvalue weighted by Crippen LogP contribution is 2.26. The Morgan fingerprint density at radius 3 is 2.50 bits per heavy atom. The summed E-state index contributed by atoms with van der Waals surface area (Å²) in [6.07, 6.45) is 1.23. The van der Waals surface area contributed by atoms with Crippen molar-refractivity contribution in [2.75, 3.05) is 10.6 Å². The van der Waals surface area contributed by atoms with Gasteiger partial charge in [0, 0.05) is 6.20 Å². The number of aromatic nitrogens is 2. The lowest BCUT2D eigenvalue weighted by molar-refractivity contribution is 0.0636. The average Bonchev–Trinajstić information content (AvgIpc) is 2.92. The Balaban J connectivity index is 2.08. The Morgan fingerprint density at radius 2 is 1.91 bits per heavy atom. The molecule has 3 N–H and O–H groups in total. The third-order valence-corrected chi connectivity index (χ3v) is 2.92. The van der Waals surface area contributed by atoms with Gasteiger partial charge in [0.15, 0.2) is 0 Å². The zero-order valence-corrected chi connectivity index (χ0v) is 13.3. The number of ether oxygens (including phenoxy) is 1. The summed E-state index contributed by atoms with van der Waals surface area (Å²) >= 11 is 0. The molecule has 22 heavy (non-hydrogen) atoms. The molecule has 0 aliphatic rings. The van der Waals surface area contributed by atoms with E-state index in [9.17, 15) is 4.79 Å². The van der Waals surface area contributed by atoms with Gasteiger partial charge in [-0.15, -0.1) is 0 Å². The number of nitrogens with zero attached hydrogens (tertiary/aromatic N) is 1. The molecule has 1 aromatic carbocycles. The lowest BCUT2D eigenvalue weighted by atomic mass is 10.2. The molecule has 1 aromatic heterocycles. The van der Waals surface area contributed by atoms with Crippen molar-refractivity contribution in [3.8, 4) is 0 Å². The predicted octanol–water partition coefficient (Wildman–Crippen LogP) is 3.93. The molecular weight excluding hydrogens is 280 g/mol.